The molecule has 1 N–H and O–H groups in total. The smallest absolute Gasteiger partial charge is 0.160 e. The molecule has 58 valence electrons. The molecule has 2 nitrogen and oxygen atoms in total. The number of methoxy groups -OCH3 is 1. The third kappa shape index (κ3) is 4.23. The summed E-state index contributed by atoms with van der Waals surface area (Å²) in [6, 6.07) is 0. The van der Waals surface area contributed by atoms with Gasteiger partial charge in [0.1, 0.15) is 5.83 Å². The Kier molecular flexibility index (Phi) is 4.80. The van der Waals surface area contributed by atoms with Crippen molar-refractivity contribution in [1.29, 1.82) is 0 Å². The van der Waals surface area contributed by atoms with Gasteiger partial charge in [0.25, 0.3) is 0 Å². The number of hydrogen-bond donors (Lipinski definition) is 1. The van der Waals surface area contributed by atoms with Crippen LogP contribution in [-0.2, 0) is 4.74 Å². The van der Waals surface area contributed by atoms with Gasteiger partial charge in [-0.2, -0.15) is 0 Å². The highest BCUT2D eigenvalue weighted by Crippen LogP contribution is 2.06. The van der Waals surface area contributed by atoms with Gasteiger partial charge in [0.15, 0.2) is 6.29 Å². The Bertz CT molecular complexity index is 132. The Morgan fingerprint density at radius 2 is 2.50 bits per heavy atom. The predicted molar refractivity (Wildman–Crippen MR) is 37.0 cm³/mol. The van der Waals surface area contributed by atoms with E-state index in [2.05, 4.69) is 11.3 Å². The molecule has 3 heteroatoms. The summed E-state index contributed by atoms with van der Waals surface area (Å²) in [4.78, 5) is 0. The molecular weight excluding hydrogens is 135 g/mol. The molecule has 0 saturated carbocycles. The Morgan fingerprint density at radius 1 is 1.90 bits per heavy atom. The van der Waals surface area contributed by atoms with Crippen molar-refractivity contribution in [1.82, 2.24) is 0 Å². The number of aliphatic hydroxyl groups excluding tert-OH is 1. The van der Waals surface area contributed by atoms with Gasteiger partial charge in [0, 0.05) is 7.11 Å². The van der Waals surface area contributed by atoms with E-state index in [0.717, 1.165) is 0 Å². The van der Waals surface area contributed by atoms with Crippen LogP contribution in [-0.4, -0.2) is 18.5 Å². The Hall–Kier alpha value is -0.670. The maximum absolute atomic E-state index is 12.4. The highest BCUT2D eigenvalue weighted by atomic mass is 19.1. The second kappa shape index (κ2) is 5.14. The van der Waals surface area contributed by atoms with Crippen molar-refractivity contribution in [2.45, 2.75) is 12.7 Å². The molecule has 0 spiro atoms. The van der Waals surface area contributed by atoms with Gasteiger partial charge in [-0.25, -0.2) is 4.39 Å². The average Bonchev–Trinajstić information content (AvgIpc) is 1.88. The van der Waals surface area contributed by atoms with E-state index in [-0.39, 0.29) is 6.42 Å². The Balaban J connectivity index is 3.66. The summed E-state index contributed by atoms with van der Waals surface area (Å²) in [6.07, 6.45) is 1.32. The monoisotopic (exact) mass is 146 g/mol. The fraction of sp³-hybridized carbons (Fsp3) is 0.429. The molecule has 10 heavy (non-hydrogen) atoms. The van der Waals surface area contributed by atoms with Crippen LogP contribution in [0.25, 0.3) is 0 Å². The van der Waals surface area contributed by atoms with Crippen LogP contribution in [0, 0.1) is 0 Å². The zero-order valence-corrected chi connectivity index (χ0v) is 5.88. The first-order valence-corrected chi connectivity index (χ1v) is 2.88. The zero-order valence-electron chi connectivity index (χ0n) is 5.88. The predicted octanol–water partition coefficient (Wildman–Crippen LogP) is 1.38. The van der Waals surface area contributed by atoms with Crippen LogP contribution >= 0.6 is 0 Å². The molecule has 0 aromatic carbocycles. The molecule has 0 fully saturated rings. The topological polar surface area (TPSA) is 29.5 Å². The summed E-state index contributed by atoms with van der Waals surface area (Å²) in [5.74, 6) is -0.440. The lowest BCUT2D eigenvalue weighted by molar-refractivity contribution is -0.0746. The lowest BCUT2D eigenvalue weighted by Crippen LogP contribution is -2.08. The first kappa shape index (κ1) is 9.33. The molecule has 0 bridgehead atoms. The standard InChI is InChI=1S/C7H11FO2/c1-3-4-6(8)5-7(9)10-2/h3-4,7,9H,1,5H2,2H3/b6-4+. The third-order valence-electron chi connectivity index (χ3n) is 0.940. The molecule has 0 aliphatic carbocycles. The van der Waals surface area contributed by atoms with E-state index in [9.17, 15) is 4.39 Å². The van der Waals surface area contributed by atoms with Gasteiger partial charge >= 0.3 is 0 Å². The Morgan fingerprint density at radius 3 is 2.90 bits per heavy atom. The average molecular weight is 146 g/mol. The number of rotatable bonds is 4. The van der Waals surface area contributed by atoms with Crippen molar-refractivity contribution in [3.05, 3.63) is 24.6 Å². The number of ether oxygens (including phenoxy) is 1. The minimum absolute atomic E-state index is 0.123. The normalized spacial score (nSPS) is 14.9. The number of hydrogen-bond acceptors (Lipinski definition) is 2. The second-order valence-electron chi connectivity index (χ2n) is 1.74. The van der Waals surface area contributed by atoms with Crippen LogP contribution < -0.4 is 0 Å². The van der Waals surface area contributed by atoms with Crippen LogP contribution in [0.15, 0.2) is 24.6 Å². The zero-order chi connectivity index (χ0) is 7.98. The van der Waals surface area contributed by atoms with Gasteiger partial charge < -0.3 is 9.84 Å². The highest BCUT2D eigenvalue weighted by molar-refractivity contribution is 5.03. The molecule has 0 rings (SSSR count). The summed E-state index contributed by atoms with van der Waals surface area (Å²) < 4.78 is 16.8. The molecule has 0 aromatic heterocycles. The second-order valence-corrected chi connectivity index (χ2v) is 1.74. The van der Waals surface area contributed by atoms with Gasteiger partial charge in [-0.1, -0.05) is 12.7 Å². The van der Waals surface area contributed by atoms with Gasteiger partial charge in [-0.15, -0.1) is 0 Å². The molecule has 0 heterocycles. The first-order valence-electron chi connectivity index (χ1n) is 2.88. The van der Waals surface area contributed by atoms with E-state index in [4.69, 9.17) is 5.11 Å². The van der Waals surface area contributed by atoms with E-state index in [1.165, 1.54) is 19.3 Å². The van der Waals surface area contributed by atoms with Crippen molar-refractivity contribution in [2.75, 3.05) is 7.11 Å². The summed E-state index contributed by atoms with van der Waals surface area (Å²) >= 11 is 0. The molecule has 1 atom stereocenters. The van der Waals surface area contributed by atoms with Crippen molar-refractivity contribution in [2.24, 2.45) is 0 Å². The van der Waals surface area contributed by atoms with Gasteiger partial charge in [0.2, 0.25) is 0 Å². The Labute approximate surface area is 59.6 Å². The summed E-state index contributed by atoms with van der Waals surface area (Å²) in [5.41, 5.74) is 0. The minimum atomic E-state index is -1.06. The van der Waals surface area contributed by atoms with Crippen LogP contribution in [0.3, 0.4) is 0 Å². The molecule has 0 aliphatic heterocycles. The molecule has 0 saturated heterocycles. The van der Waals surface area contributed by atoms with Gasteiger partial charge in [-0.05, 0) is 6.08 Å². The number of aliphatic hydroxyl groups is 1. The SMILES string of the molecule is C=C/C=C(/F)CC(O)OC. The fourth-order valence-electron chi connectivity index (χ4n) is 0.446. The van der Waals surface area contributed by atoms with E-state index in [1.54, 1.807) is 0 Å². The molecule has 0 amide bonds. The van der Waals surface area contributed by atoms with Crippen LogP contribution in [0.2, 0.25) is 0 Å². The van der Waals surface area contributed by atoms with E-state index >= 15 is 0 Å². The molecular formula is C7H11FO2. The van der Waals surface area contributed by atoms with E-state index < -0.39 is 12.1 Å². The summed E-state index contributed by atoms with van der Waals surface area (Å²) in [6.45, 7) is 3.29. The molecule has 0 aromatic rings. The highest BCUT2D eigenvalue weighted by Gasteiger charge is 2.03. The van der Waals surface area contributed by atoms with Crippen LogP contribution in [0.4, 0.5) is 4.39 Å². The fourth-order valence-corrected chi connectivity index (χ4v) is 0.446. The quantitative estimate of drug-likeness (QED) is 0.479. The third-order valence-corrected chi connectivity index (χ3v) is 0.940. The molecule has 0 radical (unpaired) electrons. The lowest BCUT2D eigenvalue weighted by Gasteiger charge is -2.04. The summed E-state index contributed by atoms with van der Waals surface area (Å²) in [5, 5.41) is 8.72. The minimum Gasteiger partial charge on any atom is -0.368 e. The number of allylic oxidation sites excluding steroid dienone is 2. The van der Waals surface area contributed by atoms with Crippen molar-refractivity contribution >= 4 is 0 Å². The number of halogens is 1. The van der Waals surface area contributed by atoms with Crippen molar-refractivity contribution < 1.29 is 14.2 Å². The van der Waals surface area contributed by atoms with E-state index in [0.29, 0.717) is 0 Å². The summed E-state index contributed by atoms with van der Waals surface area (Å²) in [7, 11) is 1.31. The molecule has 0 aliphatic rings. The lowest BCUT2D eigenvalue weighted by atomic mass is 10.3. The maximum Gasteiger partial charge on any atom is 0.160 e. The van der Waals surface area contributed by atoms with Crippen molar-refractivity contribution in [3.63, 3.8) is 0 Å². The van der Waals surface area contributed by atoms with Crippen LogP contribution in [0.5, 0.6) is 0 Å². The van der Waals surface area contributed by atoms with Crippen LogP contribution in [0.1, 0.15) is 6.42 Å². The van der Waals surface area contributed by atoms with Gasteiger partial charge in [0.05, 0.1) is 6.42 Å². The largest absolute Gasteiger partial charge is 0.368 e. The van der Waals surface area contributed by atoms with Gasteiger partial charge in [-0.3, -0.25) is 0 Å². The first-order chi connectivity index (χ1) is 4.70. The maximum atomic E-state index is 12.4. The van der Waals surface area contributed by atoms with Crippen molar-refractivity contribution in [3.8, 4) is 0 Å². The molecule has 1 unspecified atom stereocenters. The van der Waals surface area contributed by atoms with E-state index in [1.807, 2.05) is 0 Å².